The molecule has 0 unspecified atom stereocenters. The molecule has 1 aromatic heterocycles. The molecule has 2 aromatic rings. The predicted octanol–water partition coefficient (Wildman–Crippen LogP) is 4.48. The number of thiophene rings is 1. The molecule has 84 valence electrons. The minimum Gasteiger partial charge on any atom is -0.504 e. The van der Waals surface area contributed by atoms with Crippen LogP contribution < -0.4 is 5.32 Å². The molecule has 2 nitrogen and oxygen atoms in total. The maximum atomic E-state index is 9.68. The van der Waals surface area contributed by atoms with Gasteiger partial charge in [-0.15, -0.1) is 11.3 Å². The van der Waals surface area contributed by atoms with Crippen LogP contribution in [0.25, 0.3) is 0 Å². The third-order valence-corrected chi connectivity index (χ3v) is 4.00. The number of anilines is 1. The zero-order chi connectivity index (χ0) is 11.5. The lowest BCUT2D eigenvalue weighted by Crippen LogP contribution is -1.97. The van der Waals surface area contributed by atoms with Gasteiger partial charge in [0, 0.05) is 11.4 Å². The molecule has 0 saturated carbocycles. The van der Waals surface area contributed by atoms with Crippen LogP contribution in [0.3, 0.4) is 0 Å². The summed E-state index contributed by atoms with van der Waals surface area (Å²) in [5, 5.41) is 13.2. The average Bonchev–Trinajstić information content (AvgIpc) is 2.67. The van der Waals surface area contributed by atoms with E-state index in [1.807, 2.05) is 12.1 Å². The summed E-state index contributed by atoms with van der Waals surface area (Å²) in [6.07, 6.45) is 0. The van der Waals surface area contributed by atoms with Gasteiger partial charge in [-0.3, -0.25) is 0 Å². The van der Waals surface area contributed by atoms with E-state index in [1.54, 1.807) is 29.5 Å². The average molecular weight is 319 g/mol. The summed E-state index contributed by atoms with van der Waals surface area (Å²) in [5.41, 5.74) is 0.650. The molecule has 1 heterocycles. The van der Waals surface area contributed by atoms with E-state index in [2.05, 4.69) is 21.2 Å². The summed E-state index contributed by atoms with van der Waals surface area (Å²) in [6.45, 7) is 0.671. The number of rotatable bonds is 3. The highest BCUT2D eigenvalue weighted by Gasteiger charge is 2.05. The third-order valence-electron chi connectivity index (χ3n) is 2.07. The van der Waals surface area contributed by atoms with Crippen LogP contribution in [0.1, 0.15) is 4.88 Å². The van der Waals surface area contributed by atoms with Crippen molar-refractivity contribution in [1.29, 1.82) is 0 Å². The van der Waals surface area contributed by atoms with Crippen LogP contribution in [0, 0.1) is 0 Å². The summed E-state index contributed by atoms with van der Waals surface area (Å²) < 4.78 is 1.10. The largest absolute Gasteiger partial charge is 0.504 e. The Labute approximate surface area is 111 Å². The van der Waals surface area contributed by atoms with E-state index >= 15 is 0 Å². The fourth-order valence-corrected chi connectivity index (χ4v) is 2.88. The molecule has 0 amide bonds. The highest BCUT2D eigenvalue weighted by atomic mass is 79.9. The number of benzene rings is 1. The number of para-hydroxylation sites is 1. The van der Waals surface area contributed by atoms with Crippen LogP contribution in [0.5, 0.6) is 5.75 Å². The second kappa shape index (κ2) is 5.08. The van der Waals surface area contributed by atoms with Gasteiger partial charge in [-0.05, 0) is 40.2 Å². The number of hydrogen-bond acceptors (Lipinski definition) is 3. The monoisotopic (exact) mass is 317 g/mol. The lowest BCUT2D eigenvalue weighted by Gasteiger charge is -2.07. The quantitative estimate of drug-likeness (QED) is 0.818. The lowest BCUT2D eigenvalue weighted by atomic mass is 10.3. The zero-order valence-corrected chi connectivity index (χ0v) is 11.4. The number of phenols is 1. The minimum absolute atomic E-state index is 0.0970. The molecule has 0 bridgehead atoms. The lowest BCUT2D eigenvalue weighted by molar-refractivity contribution is 0.477. The number of hydrogen-bond donors (Lipinski definition) is 2. The van der Waals surface area contributed by atoms with E-state index in [1.165, 1.54) is 4.88 Å². The van der Waals surface area contributed by atoms with Gasteiger partial charge in [0.2, 0.25) is 0 Å². The van der Waals surface area contributed by atoms with Gasteiger partial charge in [-0.2, -0.15) is 0 Å². The Bertz CT molecular complexity index is 500. The van der Waals surface area contributed by atoms with Crippen molar-refractivity contribution < 1.29 is 5.11 Å². The van der Waals surface area contributed by atoms with E-state index in [0.29, 0.717) is 17.3 Å². The van der Waals surface area contributed by atoms with E-state index < -0.39 is 0 Å². The molecule has 0 aliphatic rings. The second-order valence-corrected chi connectivity index (χ2v) is 6.15. The van der Waals surface area contributed by atoms with Gasteiger partial charge < -0.3 is 10.4 Å². The number of nitrogens with one attached hydrogen (secondary N) is 1. The van der Waals surface area contributed by atoms with Crippen molar-refractivity contribution in [2.45, 2.75) is 6.54 Å². The summed E-state index contributed by atoms with van der Waals surface area (Å²) in [5.74, 6) is 0.0970. The maximum Gasteiger partial charge on any atom is 0.157 e. The van der Waals surface area contributed by atoms with Gasteiger partial charge in [-0.25, -0.2) is 0 Å². The zero-order valence-electron chi connectivity index (χ0n) is 8.21. The van der Waals surface area contributed by atoms with Gasteiger partial charge >= 0.3 is 0 Å². The molecule has 0 atom stereocenters. The first kappa shape index (κ1) is 11.8. The van der Waals surface area contributed by atoms with Crippen molar-refractivity contribution in [3.63, 3.8) is 0 Å². The number of phenolic OH excluding ortho intramolecular Hbond substituents is 1. The molecule has 0 aliphatic heterocycles. The van der Waals surface area contributed by atoms with E-state index in [-0.39, 0.29) is 5.75 Å². The number of halogens is 2. The predicted molar refractivity (Wildman–Crippen MR) is 72.5 cm³/mol. The molecule has 0 saturated heterocycles. The topological polar surface area (TPSA) is 32.3 Å². The molecule has 2 N–H and O–H groups in total. The van der Waals surface area contributed by atoms with Gasteiger partial charge in [0.15, 0.2) is 5.75 Å². The molecule has 0 spiro atoms. The Morgan fingerprint density at radius 2 is 2.12 bits per heavy atom. The molecular formula is C11H9BrClNOS. The second-order valence-electron chi connectivity index (χ2n) is 3.20. The van der Waals surface area contributed by atoms with Crippen molar-refractivity contribution in [3.05, 3.63) is 44.0 Å². The summed E-state index contributed by atoms with van der Waals surface area (Å²) in [7, 11) is 0. The van der Waals surface area contributed by atoms with Gasteiger partial charge in [-0.1, -0.05) is 17.7 Å². The maximum absolute atomic E-state index is 9.68. The molecule has 5 heteroatoms. The molecule has 2 rings (SSSR count). The van der Waals surface area contributed by atoms with Gasteiger partial charge in [0.25, 0.3) is 0 Å². The minimum atomic E-state index is 0.0970. The van der Waals surface area contributed by atoms with Crippen LogP contribution >= 0.6 is 38.9 Å². The van der Waals surface area contributed by atoms with Crippen LogP contribution in [-0.4, -0.2) is 5.11 Å². The van der Waals surface area contributed by atoms with Gasteiger partial charge in [0.1, 0.15) is 0 Å². The Balaban J connectivity index is 2.07. The van der Waals surface area contributed by atoms with Crippen LogP contribution in [-0.2, 0) is 6.54 Å². The first-order valence-corrected chi connectivity index (χ1v) is 6.61. The summed E-state index contributed by atoms with van der Waals surface area (Å²) in [4.78, 5) is 1.19. The molecule has 0 radical (unpaired) electrons. The van der Waals surface area contributed by atoms with E-state index in [4.69, 9.17) is 11.6 Å². The van der Waals surface area contributed by atoms with E-state index in [9.17, 15) is 5.11 Å². The van der Waals surface area contributed by atoms with Crippen LogP contribution in [0.15, 0.2) is 34.1 Å². The summed E-state index contributed by atoms with van der Waals surface area (Å²) in [6, 6.07) is 9.28. The van der Waals surface area contributed by atoms with E-state index in [0.717, 1.165) is 3.79 Å². The molecule has 16 heavy (non-hydrogen) atoms. The van der Waals surface area contributed by atoms with Crippen LogP contribution in [0.2, 0.25) is 5.02 Å². The van der Waals surface area contributed by atoms with Crippen LogP contribution in [0.4, 0.5) is 5.69 Å². The van der Waals surface area contributed by atoms with Crippen molar-refractivity contribution in [3.8, 4) is 5.75 Å². The summed E-state index contributed by atoms with van der Waals surface area (Å²) >= 11 is 10.9. The van der Waals surface area contributed by atoms with Crippen molar-refractivity contribution in [2.24, 2.45) is 0 Å². The Morgan fingerprint density at radius 3 is 2.81 bits per heavy atom. The molecular weight excluding hydrogens is 310 g/mol. The first-order chi connectivity index (χ1) is 7.66. The highest BCUT2D eigenvalue weighted by molar-refractivity contribution is 9.11. The highest BCUT2D eigenvalue weighted by Crippen LogP contribution is 2.32. The molecule has 0 aliphatic carbocycles. The molecule has 0 fully saturated rings. The number of aromatic hydroxyl groups is 1. The fourth-order valence-electron chi connectivity index (χ4n) is 1.29. The smallest absolute Gasteiger partial charge is 0.157 e. The van der Waals surface area contributed by atoms with Crippen molar-refractivity contribution in [2.75, 3.05) is 5.32 Å². The Kier molecular flexibility index (Phi) is 3.74. The third kappa shape index (κ3) is 2.70. The molecule has 1 aromatic carbocycles. The first-order valence-electron chi connectivity index (χ1n) is 4.62. The SMILES string of the molecule is Oc1c(Cl)cccc1NCc1ccc(Br)s1. The fraction of sp³-hybridized carbons (Fsp3) is 0.0909. The van der Waals surface area contributed by atoms with Gasteiger partial charge in [0.05, 0.1) is 14.5 Å². The van der Waals surface area contributed by atoms with Crippen molar-refractivity contribution >= 4 is 44.6 Å². The standard InChI is InChI=1S/C11H9BrClNOS/c12-10-5-4-7(16-10)6-14-9-3-1-2-8(13)11(9)15/h1-5,14-15H,6H2. The van der Waals surface area contributed by atoms with Crippen molar-refractivity contribution in [1.82, 2.24) is 0 Å². The Hall–Kier alpha value is -0.710. The normalized spacial score (nSPS) is 10.4. The Morgan fingerprint density at radius 1 is 1.31 bits per heavy atom.